The zero-order valence-corrected chi connectivity index (χ0v) is 12.0. The van der Waals surface area contributed by atoms with Crippen molar-refractivity contribution in [3.8, 4) is 6.01 Å². The summed E-state index contributed by atoms with van der Waals surface area (Å²) in [5.41, 5.74) is 1.66. The first-order valence-corrected chi connectivity index (χ1v) is 7.07. The topological polar surface area (TPSA) is 68.1 Å². The molecule has 108 valence electrons. The number of hydrogen-bond donors (Lipinski definition) is 1. The molecule has 1 aliphatic rings. The number of hydrogen-bond acceptors (Lipinski definition) is 6. The Morgan fingerprint density at radius 1 is 1.30 bits per heavy atom. The van der Waals surface area contributed by atoms with Gasteiger partial charge in [0.1, 0.15) is 0 Å². The van der Waals surface area contributed by atoms with Crippen LogP contribution in [0.1, 0.15) is 13.3 Å². The van der Waals surface area contributed by atoms with Gasteiger partial charge in [0.05, 0.1) is 12.9 Å². The normalized spacial score (nSPS) is 15.8. The van der Waals surface area contributed by atoms with Crippen LogP contribution in [0.5, 0.6) is 6.01 Å². The van der Waals surface area contributed by atoms with E-state index < -0.39 is 0 Å². The fraction of sp³-hybridized carbons (Fsp3) is 0.615. The third kappa shape index (κ3) is 2.40. The van der Waals surface area contributed by atoms with E-state index in [-0.39, 0.29) is 0 Å². The molecular formula is C13H20N6O. The van der Waals surface area contributed by atoms with Gasteiger partial charge in [-0.3, -0.25) is 0 Å². The number of rotatable bonds is 4. The zero-order valence-electron chi connectivity index (χ0n) is 12.0. The first-order valence-electron chi connectivity index (χ1n) is 7.07. The van der Waals surface area contributed by atoms with E-state index in [4.69, 9.17) is 4.74 Å². The van der Waals surface area contributed by atoms with Crippen molar-refractivity contribution >= 4 is 17.0 Å². The lowest BCUT2D eigenvalue weighted by molar-refractivity contribution is 0.293. The van der Waals surface area contributed by atoms with Gasteiger partial charge in [0.15, 0.2) is 17.0 Å². The number of aromatic nitrogens is 4. The van der Waals surface area contributed by atoms with Crippen LogP contribution in [-0.2, 0) is 7.05 Å². The number of nitrogens with one attached hydrogen (secondary N) is 1. The molecular weight excluding hydrogens is 256 g/mol. The van der Waals surface area contributed by atoms with Crippen LogP contribution in [-0.4, -0.2) is 52.3 Å². The molecule has 2 aromatic heterocycles. The van der Waals surface area contributed by atoms with E-state index in [1.54, 1.807) is 6.33 Å². The van der Waals surface area contributed by atoms with Gasteiger partial charge < -0.3 is 19.5 Å². The van der Waals surface area contributed by atoms with Gasteiger partial charge >= 0.3 is 6.01 Å². The summed E-state index contributed by atoms with van der Waals surface area (Å²) in [6.07, 6.45) is 2.71. The van der Waals surface area contributed by atoms with Gasteiger partial charge in [0, 0.05) is 33.2 Å². The highest BCUT2D eigenvalue weighted by Crippen LogP contribution is 2.24. The van der Waals surface area contributed by atoms with Crippen LogP contribution in [0.25, 0.3) is 11.2 Å². The summed E-state index contributed by atoms with van der Waals surface area (Å²) in [6, 6.07) is 0.441. The Hall–Kier alpha value is -1.89. The molecule has 20 heavy (non-hydrogen) atoms. The van der Waals surface area contributed by atoms with E-state index in [9.17, 15) is 0 Å². The molecule has 1 aliphatic heterocycles. The number of fused-ring (bicyclic) bond motifs is 1. The van der Waals surface area contributed by atoms with E-state index in [0.717, 1.165) is 49.6 Å². The number of piperazine rings is 1. The molecule has 7 heteroatoms. The highest BCUT2D eigenvalue weighted by molar-refractivity contribution is 5.84. The van der Waals surface area contributed by atoms with E-state index >= 15 is 0 Å². The van der Waals surface area contributed by atoms with Gasteiger partial charge in [-0.2, -0.15) is 9.97 Å². The number of anilines is 1. The largest absolute Gasteiger partial charge is 0.463 e. The van der Waals surface area contributed by atoms with Gasteiger partial charge in [0.25, 0.3) is 0 Å². The summed E-state index contributed by atoms with van der Waals surface area (Å²) in [5, 5.41) is 3.34. The van der Waals surface area contributed by atoms with E-state index in [0.29, 0.717) is 12.6 Å². The summed E-state index contributed by atoms with van der Waals surface area (Å²) in [6.45, 7) is 6.48. The molecule has 0 atom stereocenters. The van der Waals surface area contributed by atoms with Crippen molar-refractivity contribution in [1.82, 2.24) is 24.8 Å². The average Bonchev–Trinajstić information content (AvgIpc) is 2.87. The monoisotopic (exact) mass is 276 g/mol. The Kier molecular flexibility index (Phi) is 3.68. The highest BCUT2D eigenvalue weighted by atomic mass is 16.5. The Morgan fingerprint density at radius 3 is 2.85 bits per heavy atom. The standard InChI is InChI=1S/C13H20N6O/c1-3-8-20-13-16-11-10(15-9-18(11)2)12(17-13)19-6-4-14-5-7-19/h9,14H,3-8H2,1-2H3. The minimum absolute atomic E-state index is 0.441. The van der Waals surface area contributed by atoms with Gasteiger partial charge in [-0.25, -0.2) is 4.98 Å². The lowest BCUT2D eigenvalue weighted by Gasteiger charge is -2.28. The molecule has 0 radical (unpaired) electrons. The van der Waals surface area contributed by atoms with Gasteiger partial charge in [-0.1, -0.05) is 6.92 Å². The number of imidazole rings is 1. The smallest absolute Gasteiger partial charge is 0.320 e. The van der Waals surface area contributed by atoms with Crippen LogP contribution >= 0.6 is 0 Å². The second-order valence-electron chi connectivity index (χ2n) is 4.94. The van der Waals surface area contributed by atoms with Crippen LogP contribution < -0.4 is 15.0 Å². The molecule has 1 N–H and O–H groups in total. The summed E-state index contributed by atoms with van der Waals surface area (Å²) in [7, 11) is 1.94. The van der Waals surface area contributed by atoms with E-state index in [1.807, 2.05) is 11.6 Å². The molecule has 1 fully saturated rings. The van der Waals surface area contributed by atoms with Crippen LogP contribution in [0.15, 0.2) is 6.33 Å². The fourth-order valence-corrected chi connectivity index (χ4v) is 2.33. The van der Waals surface area contributed by atoms with E-state index in [1.165, 1.54) is 0 Å². The number of nitrogens with zero attached hydrogens (tertiary/aromatic N) is 5. The Labute approximate surface area is 118 Å². The van der Waals surface area contributed by atoms with E-state index in [2.05, 4.69) is 32.1 Å². The minimum Gasteiger partial charge on any atom is -0.463 e. The van der Waals surface area contributed by atoms with Crippen LogP contribution in [0, 0.1) is 0 Å². The van der Waals surface area contributed by atoms with Gasteiger partial charge in [0.2, 0.25) is 0 Å². The SMILES string of the molecule is CCCOc1nc(N2CCNCC2)c2ncn(C)c2n1. The van der Waals surface area contributed by atoms with Crippen molar-refractivity contribution < 1.29 is 4.74 Å². The second-order valence-corrected chi connectivity index (χ2v) is 4.94. The lowest BCUT2D eigenvalue weighted by Crippen LogP contribution is -2.44. The molecule has 0 aliphatic carbocycles. The summed E-state index contributed by atoms with van der Waals surface area (Å²) in [5.74, 6) is 0.878. The minimum atomic E-state index is 0.441. The molecule has 2 aromatic rings. The first-order chi connectivity index (χ1) is 9.79. The molecule has 7 nitrogen and oxygen atoms in total. The predicted molar refractivity (Wildman–Crippen MR) is 77.2 cm³/mol. The maximum Gasteiger partial charge on any atom is 0.320 e. The lowest BCUT2D eigenvalue weighted by atomic mass is 10.3. The van der Waals surface area contributed by atoms with Crippen molar-refractivity contribution in [2.24, 2.45) is 7.05 Å². The first kappa shape index (κ1) is 13.1. The summed E-state index contributed by atoms with van der Waals surface area (Å²) in [4.78, 5) is 15.7. The van der Waals surface area contributed by atoms with Crippen molar-refractivity contribution in [3.63, 3.8) is 0 Å². The predicted octanol–water partition coefficient (Wildman–Crippen LogP) is 0.562. The number of ether oxygens (including phenoxy) is 1. The third-order valence-electron chi connectivity index (χ3n) is 3.37. The zero-order chi connectivity index (χ0) is 13.9. The number of aryl methyl sites for hydroxylation is 1. The molecule has 0 spiro atoms. The van der Waals surface area contributed by atoms with Crippen LogP contribution in [0.2, 0.25) is 0 Å². The molecule has 0 aromatic carbocycles. The maximum absolute atomic E-state index is 5.61. The molecule has 0 amide bonds. The van der Waals surface area contributed by atoms with Gasteiger partial charge in [-0.15, -0.1) is 0 Å². The summed E-state index contributed by atoms with van der Waals surface area (Å²) < 4.78 is 7.52. The molecule has 3 heterocycles. The molecule has 0 unspecified atom stereocenters. The fourth-order valence-electron chi connectivity index (χ4n) is 2.33. The second kappa shape index (κ2) is 5.62. The average molecular weight is 276 g/mol. The molecule has 0 bridgehead atoms. The van der Waals surface area contributed by atoms with Gasteiger partial charge in [-0.05, 0) is 6.42 Å². The summed E-state index contributed by atoms with van der Waals surface area (Å²) >= 11 is 0. The van der Waals surface area contributed by atoms with Crippen LogP contribution in [0.3, 0.4) is 0 Å². The quantitative estimate of drug-likeness (QED) is 0.880. The highest BCUT2D eigenvalue weighted by Gasteiger charge is 2.19. The Balaban J connectivity index is 2.02. The van der Waals surface area contributed by atoms with Crippen molar-refractivity contribution in [2.75, 3.05) is 37.7 Å². The Bertz CT molecular complexity index is 590. The van der Waals surface area contributed by atoms with Crippen molar-refractivity contribution in [2.45, 2.75) is 13.3 Å². The molecule has 0 saturated carbocycles. The van der Waals surface area contributed by atoms with Crippen LogP contribution in [0.4, 0.5) is 5.82 Å². The third-order valence-corrected chi connectivity index (χ3v) is 3.37. The Morgan fingerprint density at radius 2 is 2.10 bits per heavy atom. The molecule has 3 rings (SSSR count). The van der Waals surface area contributed by atoms with Crippen molar-refractivity contribution in [1.29, 1.82) is 0 Å². The maximum atomic E-state index is 5.61. The van der Waals surface area contributed by atoms with Crippen molar-refractivity contribution in [3.05, 3.63) is 6.33 Å². The molecule has 1 saturated heterocycles.